The van der Waals surface area contributed by atoms with Gasteiger partial charge in [0.2, 0.25) is 0 Å². The Hall–Kier alpha value is -1.31. The molecule has 0 rings (SSSR count). The van der Waals surface area contributed by atoms with E-state index in [1.807, 2.05) is 6.92 Å². The highest BCUT2D eigenvalue weighted by atomic mass is 19.4. The lowest BCUT2D eigenvalue weighted by Gasteiger charge is -1.93. The van der Waals surface area contributed by atoms with Gasteiger partial charge in [0.25, 0.3) is 0 Å². The van der Waals surface area contributed by atoms with Gasteiger partial charge < -0.3 is 15.5 Å². The van der Waals surface area contributed by atoms with E-state index in [4.69, 9.17) is 15.0 Å². The second-order valence-electron chi connectivity index (χ2n) is 1.98. The average Bonchev–Trinajstić information content (AvgIpc) is 2.00. The van der Waals surface area contributed by atoms with Crippen molar-refractivity contribution < 1.29 is 33.0 Å². The summed E-state index contributed by atoms with van der Waals surface area (Å²) in [7, 11) is 0. The highest BCUT2D eigenvalue weighted by Gasteiger charge is 2.38. The van der Waals surface area contributed by atoms with Crippen molar-refractivity contribution in [1.82, 2.24) is 5.32 Å². The van der Waals surface area contributed by atoms with Crippen LogP contribution in [0.4, 0.5) is 13.2 Å². The first kappa shape index (κ1) is 15.2. The lowest BCUT2D eigenvalue weighted by molar-refractivity contribution is -0.192. The van der Waals surface area contributed by atoms with Gasteiger partial charge in [-0.25, -0.2) is 4.79 Å². The molecule has 0 amide bonds. The van der Waals surface area contributed by atoms with E-state index in [1.54, 1.807) is 0 Å². The summed E-state index contributed by atoms with van der Waals surface area (Å²) in [5, 5.41) is 17.8. The molecule has 5 nitrogen and oxygen atoms in total. The normalized spacial score (nSPS) is 10.0. The van der Waals surface area contributed by atoms with Gasteiger partial charge >= 0.3 is 18.1 Å². The minimum atomic E-state index is -5.08. The third kappa shape index (κ3) is 13.3. The van der Waals surface area contributed by atoms with Crippen molar-refractivity contribution in [2.45, 2.75) is 13.1 Å². The maximum atomic E-state index is 10.6. The van der Waals surface area contributed by atoms with E-state index in [2.05, 4.69) is 5.32 Å². The van der Waals surface area contributed by atoms with E-state index in [0.717, 1.165) is 0 Å². The molecule has 0 aromatic carbocycles. The summed E-state index contributed by atoms with van der Waals surface area (Å²) in [5.74, 6) is -3.56. The molecular weight excluding hydrogens is 207 g/mol. The van der Waals surface area contributed by atoms with Crippen molar-refractivity contribution >= 4 is 11.9 Å². The number of halogens is 3. The predicted octanol–water partition coefficient (Wildman–Crippen LogP) is 0.314. The minimum Gasteiger partial charge on any atom is -0.480 e. The van der Waals surface area contributed by atoms with Gasteiger partial charge in [0.15, 0.2) is 0 Å². The van der Waals surface area contributed by atoms with Gasteiger partial charge in [-0.15, -0.1) is 0 Å². The third-order valence-electron chi connectivity index (χ3n) is 0.769. The van der Waals surface area contributed by atoms with E-state index in [9.17, 15) is 18.0 Å². The summed E-state index contributed by atoms with van der Waals surface area (Å²) in [6, 6.07) is 0. The fourth-order valence-corrected chi connectivity index (χ4v) is 0.232. The van der Waals surface area contributed by atoms with Crippen LogP contribution in [0.2, 0.25) is 0 Å². The Balaban J connectivity index is 0. The zero-order valence-electron chi connectivity index (χ0n) is 7.26. The summed E-state index contributed by atoms with van der Waals surface area (Å²) < 4.78 is 31.7. The molecule has 0 atom stereocenters. The molecule has 0 saturated carbocycles. The Labute approximate surface area is 77.5 Å². The summed E-state index contributed by atoms with van der Waals surface area (Å²) in [5.41, 5.74) is 0. The summed E-state index contributed by atoms with van der Waals surface area (Å²) in [6.45, 7) is 2.64. The van der Waals surface area contributed by atoms with Gasteiger partial charge in [-0.3, -0.25) is 4.79 Å². The zero-order valence-corrected chi connectivity index (χ0v) is 7.26. The monoisotopic (exact) mass is 217 g/mol. The molecule has 0 aromatic heterocycles. The second kappa shape index (κ2) is 7.13. The first-order chi connectivity index (χ1) is 6.21. The van der Waals surface area contributed by atoms with Crippen molar-refractivity contribution in [3.05, 3.63) is 0 Å². The van der Waals surface area contributed by atoms with Crippen molar-refractivity contribution in [2.75, 3.05) is 13.1 Å². The topological polar surface area (TPSA) is 86.6 Å². The molecule has 0 heterocycles. The number of alkyl halides is 3. The van der Waals surface area contributed by atoms with E-state index >= 15 is 0 Å². The lowest BCUT2D eigenvalue weighted by atomic mass is 10.6. The summed E-state index contributed by atoms with van der Waals surface area (Å²) in [6.07, 6.45) is -5.08. The first-order valence-electron chi connectivity index (χ1n) is 3.44. The molecular formula is C6H10F3NO4. The van der Waals surface area contributed by atoms with E-state index in [1.165, 1.54) is 0 Å². The van der Waals surface area contributed by atoms with Crippen molar-refractivity contribution in [1.29, 1.82) is 0 Å². The van der Waals surface area contributed by atoms with Crippen molar-refractivity contribution in [2.24, 2.45) is 0 Å². The fourth-order valence-electron chi connectivity index (χ4n) is 0.232. The predicted molar refractivity (Wildman–Crippen MR) is 39.9 cm³/mol. The average molecular weight is 217 g/mol. The van der Waals surface area contributed by atoms with Crippen LogP contribution in [0.3, 0.4) is 0 Å². The number of likely N-dealkylation sites (N-methyl/N-ethyl adjacent to an activating group) is 1. The molecule has 14 heavy (non-hydrogen) atoms. The summed E-state index contributed by atoms with van der Waals surface area (Å²) >= 11 is 0. The van der Waals surface area contributed by atoms with Crippen LogP contribution in [0.15, 0.2) is 0 Å². The van der Waals surface area contributed by atoms with Crippen LogP contribution < -0.4 is 5.32 Å². The maximum Gasteiger partial charge on any atom is 0.490 e. The zero-order chi connectivity index (χ0) is 11.8. The lowest BCUT2D eigenvalue weighted by Crippen LogP contribution is -2.21. The molecule has 0 bridgehead atoms. The van der Waals surface area contributed by atoms with Gasteiger partial charge in [-0.2, -0.15) is 13.2 Å². The van der Waals surface area contributed by atoms with Gasteiger partial charge in [-0.1, -0.05) is 6.92 Å². The molecule has 3 N–H and O–H groups in total. The Morgan fingerprint density at radius 3 is 1.71 bits per heavy atom. The number of nitrogens with one attached hydrogen (secondary N) is 1. The molecule has 0 aliphatic carbocycles. The standard InChI is InChI=1S/C4H9NO2.C2HF3O2/c1-2-5-3-4(6)7;3-2(4,5)1(6)7/h5H,2-3H2,1H3,(H,6,7);(H,6,7). The molecule has 8 heteroatoms. The minimum absolute atomic E-state index is 0.0660. The third-order valence-corrected chi connectivity index (χ3v) is 0.769. The van der Waals surface area contributed by atoms with Crippen LogP contribution in [0.25, 0.3) is 0 Å². The number of aliphatic carboxylic acids is 2. The number of carboxylic acids is 2. The molecule has 0 aliphatic rings. The highest BCUT2D eigenvalue weighted by molar-refractivity contribution is 5.73. The van der Waals surface area contributed by atoms with E-state index in [-0.39, 0.29) is 6.54 Å². The van der Waals surface area contributed by atoms with Gasteiger partial charge in [0.05, 0.1) is 6.54 Å². The number of rotatable bonds is 3. The molecule has 0 saturated heterocycles. The Kier molecular flexibility index (Phi) is 7.73. The Bertz CT molecular complexity index is 192. The highest BCUT2D eigenvalue weighted by Crippen LogP contribution is 2.13. The number of carboxylic acid groups (broad SMARTS) is 2. The molecule has 84 valence electrons. The maximum absolute atomic E-state index is 10.6. The number of hydrogen-bond donors (Lipinski definition) is 3. The van der Waals surface area contributed by atoms with Crippen LogP contribution >= 0.6 is 0 Å². The largest absolute Gasteiger partial charge is 0.490 e. The smallest absolute Gasteiger partial charge is 0.480 e. The molecule has 0 spiro atoms. The van der Waals surface area contributed by atoms with Crippen LogP contribution in [-0.4, -0.2) is 41.4 Å². The van der Waals surface area contributed by atoms with Crippen LogP contribution in [0, 0.1) is 0 Å². The molecule has 0 aliphatic heterocycles. The van der Waals surface area contributed by atoms with Gasteiger partial charge in [0.1, 0.15) is 0 Å². The van der Waals surface area contributed by atoms with Crippen LogP contribution in [0.1, 0.15) is 6.92 Å². The number of carbonyl (C=O) groups is 2. The van der Waals surface area contributed by atoms with E-state index < -0.39 is 18.1 Å². The van der Waals surface area contributed by atoms with Crippen LogP contribution in [0.5, 0.6) is 0 Å². The van der Waals surface area contributed by atoms with E-state index in [0.29, 0.717) is 6.54 Å². The van der Waals surface area contributed by atoms with Crippen molar-refractivity contribution in [3.63, 3.8) is 0 Å². The number of hydrogen-bond acceptors (Lipinski definition) is 3. The first-order valence-corrected chi connectivity index (χ1v) is 3.44. The van der Waals surface area contributed by atoms with Crippen molar-refractivity contribution in [3.8, 4) is 0 Å². The van der Waals surface area contributed by atoms with Gasteiger partial charge in [-0.05, 0) is 6.54 Å². The fraction of sp³-hybridized carbons (Fsp3) is 0.667. The van der Waals surface area contributed by atoms with Gasteiger partial charge in [0, 0.05) is 0 Å². The molecule has 0 radical (unpaired) electrons. The molecule has 0 unspecified atom stereocenters. The Morgan fingerprint density at radius 2 is 1.64 bits per heavy atom. The summed E-state index contributed by atoms with van der Waals surface area (Å²) in [4.78, 5) is 18.6. The second-order valence-corrected chi connectivity index (χ2v) is 1.98. The molecule has 0 fully saturated rings. The molecule has 0 aromatic rings. The quantitative estimate of drug-likeness (QED) is 0.633. The van der Waals surface area contributed by atoms with Crippen LogP contribution in [-0.2, 0) is 9.59 Å². The SMILES string of the molecule is CCNCC(=O)O.O=C(O)C(F)(F)F. The Morgan fingerprint density at radius 1 is 1.29 bits per heavy atom.